The van der Waals surface area contributed by atoms with Crippen molar-refractivity contribution in [2.45, 2.75) is 19.8 Å². The van der Waals surface area contributed by atoms with Crippen LogP contribution >= 0.6 is 11.3 Å². The number of hydrogen-bond donors (Lipinski definition) is 0. The summed E-state index contributed by atoms with van der Waals surface area (Å²) in [6.07, 6.45) is 2.01. The van der Waals surface area contributed by atoms with Crippen molar-refractivity contribution < 1.29 is 9.53 Å². The molecule has 3 heterocycles. The van der Waals surface area contributed by atoms with Gasteiger partial charge in [0.2, 0.25) is 5.91 Å². The fraction of sp³-hybridized carbons (Fsp3) is 0.440. The maximum Gasteiger partial charge on any atom is 0.227 e. The number of thiazole rings is 1. The highest BCUT2D eigenvalue weighted by molar-refractivity contribution is 7.22. The number of carbonyl (C=O) groups excluding carboxylic acids is 1. The first-order chi connectivity index (χ1) is 15.6. The lowest BCUT2D eigenvalue weighted by molar-refractivity contribution is -0.136. The zero-order valence-corrected chi connectivity index (χ0v) is 19.6. The summed E-state index contributed by atoms with van der Waals surface area (Å²) in [6.45, 7) is 7.16. The van der Waals surface area contributed by atoms with Gasteiger partial charge >= 0.3 is 0 Å². The number of methoxy groups -OCH3 is 1. The first-order valence-electron chi connectivity index (χ1n) is 11.4. The molecule has 2 fully saturated rings. The van der Waals surface area contributed by atoms with E-state index in [1.165, 1.54) is 16.0 Å². The van der Waals surface area contributed by atoms with Crippen molar-refractivity contribution in [3.63, 3.8) is 0 Å². The van der Waals surface area contributed by atoms with Crippen molar-refractivity contribution in [1.29, 1.82) is 0 Å². The van der Waals surface area contributed by atoms with E-state index in [2.05, 4.69) is 52.0 Å². The van der Waals surface area contributed by atoms with Crippen molar-refractivity contribution in [2.75, 3.05) is 56.2 Å². The summed E-state index contributed by atoms with van der Waals surface area (Å²) in [5.41, 5.74) is 3.50. The summed E-state index contributed by atoms with van der Waals surface area (Å²) in [6, 6.07) is 14.6. The van der Waals surface area contributed by atoms with E-state index in [4.69, 9.17) is 9.72 Å². The van der Waals surface area contributed by atoms with Crippen LogP contribution in [0, 0.1) is 12.8 Å². The molecule has 0 saturated carbocycles. The number of aromatic nitrogens is 1. The van der Waals surface area contributed by atoms with Gasteiger partial charge in [0.1, 0.15) is 5.75 Å². The minimum Gasteiger partial charge on any atom is -0.497 e. The van der Waals surface area contributed by atoms with Crippen LogP contribution in [0.5, 0.6) is 5.75 Å². The number of fused-ring (bicyclic) bond motifs is 1. The molecule has 1 atom stereocenters. The van der Waals surface area contributed by atoms with Gasteiger partial charge in [-0.05, 0) is 61.7 Å². The molecule has 0 N–H and O–H groups in total. The maximum absolute atomic E-state index is 13.3. The Balaban J connectivity index is 1.20. The molecule has 3 aromatic rings. The standard InChI is InChI=1S/C25H30N4O2S/c1-18-5-10-22-23(16-18)32-25(26-22)29-11-3-4-19(17-29)24(30)28-14-12-27(13-15-28)20-6-8-21(31-2)9-7-20/h5-10,16,19H,3-4,11-15,17H2,1-2H3. The Kier molecular flexibility index (Phi) is 5.91. The molecule has 32 heavy (non-hydrogen) atoms. The Hall–Kier alpha value is -2.80. The van der Waals surface area contributed by atoms with Gasteiger partial charge in [-0.3, -0.25) is 4.79 Å². The van der Waals surface area contributed by atoms with Gasteiger partial charge in [-0.2, -0.15) is 0 Å². The molecule has 2 aliphatic rings. The quantitative estimate of drug-likeness (QED) is 0.597. The Morgan fingerprint density at radius 2 is 1.81 bits per heavy atom. The van der Waals surface area contributed by atoms with E-state index in [-0.39, 0.29) is 5.92 Å². The molecule has 0 radical (unpaired) electrons. The van der Waals surface area contributed by atoms with Gasteiger partial charge in [0, 0.05) is 45.0 Å². The van der Waals surface area contributed by atoms with Crippen LogP contribution < -0.4 is 14.5 Å². The lowest BCUT2D eigenvalue weighted by Gasteiger charge is -2.39. The van der Waals surface area contributed by atoms with Crippen LogP contribution in [0.25, 0.3) is 10.2 Å². The highest BCUT2D eigenvalue weighted by atomic mass is 32.1. The zero-order chi connectivity index (χ0) is 22.1. The Morgan fingerprint density at radius 1 is 1.03 bits per heavy atom. The molecule has 0 bridgehead atoms. The van der Waals surface area contributed by atoms with Gasteiger partial charge in [-0.25, -0.2) is 4.98 Å². The predicted octanol–water partition coefficient (Wildman–Crippen LogP) is 4.18. The van der Waals surface area contributed by atoms with Crippen LogP contribution in [0.1, 0.15) is 18.4 Å². The van der Waals surface area contributed by atoms with E-state index in [9.17, 15) is 4.79 Å². The van der Waals surface area contributed by atoms with Crippen LogP contribution in [0.3, 0.4) is 0 Å². The summed E-state index contributed by atoms with van der Waals surface area (Å²) in [5, 5.41) is 1.05. The molecule has 7 heteroatoms. The van der Waals surface area contributed by atoms with Crippen molar-refractivity contribution in [1.82, 2.24) is 9.88 Å². The molecule has 1 unspecified atom stereocenters. The largest absolute Gasteiger partial charge is 0.497 e. The van der Waals surface area contributed by atoms with Crippen molar-refractivity contribution >= 4 is 38.3 Å². The maximum atomic E-state index is 13.3. The van der Waals surface area contributed by atoms with E-state index in [0.29, 0.717) is 5.91 Å². The number of rotatable bonds is 4. The number of piperazine rings is 1. The fourth-order valence-electron chi connectivity index (χ4n) is 4.74. The highest BCUT2D eigenvalue weighted by Crippen LogP contribution is 2.32. The lowest BCUT2D eigenvalue weighted by atomic mass is 9.96. The third kappa shape index (κ3) is 4.26. The third-order valence-electron chi connectivity index (χ3n) is 6.60. The second-order valence-electron chi connectivity index (χ2n) is 8.76. The number of hydrogen-bond acceptors (Lipinski definition) is 6. The number of piperidine rings is 1. The van der Waals surface area contributed by atoms with Crippen LogP contribution in [0.2, 0.25) is 0 Å². The molecule has 2 aromatic carbocycles. The summed E-state index contributed by atoms with van der Waals surface area (Å²) in [7, 11) is 1.68. The number of carbonyl (C=O) groups is 1. The number of ether oxygens (including phenoxy) is 1. The minimum absolute atomic E-state index is 0.0602. The van der Waals surface area contributed by atoms with E-state index >= 15 is 0 Å². The van der Waals surface area contributed by atoms with Gasteiger partial charge < -0.3 is 19.4 Å². The molecular formula is C25H30N4O2S. The number of anilines is 2. The summed E-state index contributed by atoms with van der Waals surface area (Å²) >= 11 is 1.74. The molecule has 168 valence electrons. The van der Waals surface area contributed by atoms with Gasteiger partial charge in [0.05, 0.1) is 23.2 Å². The number of aryl methyl sites for hydroxylation is 1. The predicted molar refractivity (Wildman–Crippen MR) is 131 cm³/mol. The molecule has 2 saturated heterocycles. The fourth-order valence-corrected chi connectivity index (χ4v) is 5.84. The number of amides is 1. The minimum atomic E-state index is 0.0602. The van der Waals surface area contributed by atoms with Gasteiger partial charge in [0.25, 0.3) is 0 Å². The first-order valence-corrected chi connectivity index (χ1v) is 12.2. The number of benzene rings is 2. The van der Waals surface area contributed by atoms with Crippen LogP contribution in [-0.2, 0) is 4.79 Å². The van der Waals surface area contributed by atoms with E-state index in [1.54, 1.807) is 18.4 Å². The molecule has 2 aliphatic heterocycles. The summed E-state index contributed by atoms with van der Waals surface area (Å²) in [5.74, 6) is 1.23. The number of nitrogens with zero attached hydrogens (tertiary/aromatic N) is 4. The van der Waals surface area contributed by atoms with E-state index in [0.717, 1.165) is 68.5 Å². The smallest absolute Gasteiger partial charge is 0.227 e. The topological polar surface area (TPSA) is 48.9 Å². The van der Waals surface area contributed by atoms with Crippen LogP contribution in [0.4, 0.5) is 10.8 Å². The zero-order valence-electron chi connectivity index (χ0n) is 18.8. The normalized spacial score (nSPS) is 19.4. The van der Waals surface area contributed by atoms with Crippen LogP contribution in [-0.4, -0.2) is 62.2 Å². The second-order valence-corrected chi connectivity index (χ2v) is 9.77. The van der Waals surface area contributed by atoms with Crippen molar-refractivity contribution in [3.05, 3.63) is 48.0 Å². The highest BCUT2D eigenvalue weighted by Gasteiger charge is 2.32. The molecule has 1 aromatic heterocycles. The third-order valence-corrected chi connectivity index (χ3v) is 7.68. The Bertz CT molecular complexity index is 1090. The van der Waals surface area contributed by atoms with E-state index < -0.39 is 0 Å². The van der Waals surface area contributed by atoms with Crippen LogP contribution in [0.15, 0.2) is 42.5 Å². The Labute approximate surface area is 193 Å². The monoisotopic (exact) mass is 450 g/mol. The van der Waals surface area contributed by atoms with Gasteiger partial charge in [0.15, 0.2) is 5.13 Å². The van der Waals surface area contributed by atoms with Crippen molar-refractivity contribution in [2.24, 2.45) is 5.92 Å². The van der Waals surface area contributed by atoms with Gasteiger partial charge in [-0.1, -0.05) is 17.4 Å². The summed E-state index contributed by atoms with van der Waals surface area (Å²) < 4.78 is 6.48. The first kappa shape index (κ1) is 21.1. The molecule has 6 nitrogen and oxygen atoms in total. The molecule has 0 aliphatic carbocycles. The van der Waals surface area contributed by atoms with E-state index in [1.807, 2.05) is 12.1 Å². The average molecular weight is 451 g/mol. The SMILES string of the molecule is COc1ccc(N2CCN(C(=O)C3CCCN(c4nc5ccc(C)cc5s4)C3)CC2)cc1. The second kappa shape index (κ2) is 8.98. The lowest BCUT2D eigenvalue weighted by Crippen LogP contribution is -2.52. The molecule has 0 spiro atoms. The molecule has 5 rings (SSSR count). The average Bonchev–Trinajstić information content (AvgIpc) is 3.27. The Morgan fingerprint density at radius 3 is 2.56 bits per heavy atom. The molecular weight excluding hydrogens is 420 g/mol. The van der Waals surface area contributed by atoms with Crippen molar-refractivity contribution in [3.8, 4) is 5.75 Å². The van der Waals surface area contributed by atoms with Gasteiger partial charge in [-0.15, -0.1) is 0 Å². The molecule has 1 amide bonds. The summed E-state index contributed by atoms with van der Waals surface area (Å²) in [4.78, 5) is 24.9.